The van der Waals surface area contributed by atoms with Gasteiger partial charge in [0.2, 0.25) is 17.7 Å². The second kappa shape index (κ2) is 9.69. The number of para-hydroxylation sites is 1. The number of anilines is 3. The van der Waals surface area contributed by atoms with Crippen molar-refractivity contribution < 1.29 is 14.4 Å². The molecule has 28 heavy (non-hydrogen) atoms. The number of rotatable bonds is 7. The minimum atomic E-state index is -0.303. The summed E-state index contributed by atoms with van der Waals surface area (Å²) in [5.74, 6) is -0.671. The first-order valence-electron chi connectivity index (χ1n) is 9.42. The Morgan fingerprint density at radius 3 is 1.89 bits per heavy atom. The Morgan fingerprint density at radius 1 is 0.857 bits per heavy atom. The number of hydrogen-bond acceptors (Lipinski definition) is 3. The van der Waals surface area contributed by atoms with E-state index in [0.717, 1.165) is 29.7 Å². The predicted octanol–water partition coefficient (Wildman–Crippen LogP) is 3.76. The lowest BCUT2D eigenvalue weighted by atomic mass is 10.0. The summed E-state index contributed by atoms with van der Waals surface area (Å²) in [6.07, 6.45) is 1.54. The van der Waals surface area contributed by atoms with Gasteiger partial charge in [-0.15, -0.1) is 0 Å². The first-order chi connectivity index (χ1) is 13.3. The summed E-state index contributed by atoms with van der Waals surface area (Å²) in [7, 11) is 0. The van der Waals surface area contributed by atoms with E-state index >= 15 is 0 Å². The Balaban J connectivity index is 2.23. The molecular weight excluding hydrogens is 354 g/mol. The van der Waals surface area contributed by atoms with Gasteiger partial charge in [0, 0.05) is 25.2 Å². The number of nitrogens with one attached hydrogen (secondary N) is 2. The normalized spacial score (nSPS) is 10.3. The average Bonchev–Trinajstić information content (AvgIpc) is 2.65. The average molecular weight is 381 g/mol. The molecule has 0 fully saturated rings. The van der Waals surface area contributed by atoms with Gasteiger partial charge in [0.05, 0.1) is 5.69 Å². The fraction of sp³-hybridized carbons (Fsp3) is 0.318. The van der Waals surface area contributed by atoms with E-state index in [1.165, 1.54) is 18.7 Å². The van der Waals surface area contributed by atoms with Gasteiger partial charge in [-0.2, -0.15) is 0 Å². The molecule has 0 saturated heterocycles. The third-order valence-electron chi connectivity index (χ3n) is 4.38. The van der Waals surface area contributed by atoms with Crippen LogP contribution in [0.5, 0.6) is 0 Å². The van der Waals surface area contributed by atoms with Crippen LogP contribution in [-0.2, 0) is 27.2 Å². The van der Waals surface area contributed by atoms with Crippen LogP contribution in [0.3, 0.4) is 0 Å². The molecule has 0 aliphatic rings. The highest BCUT2D eigenvalue weighted by atomic mass is 16.2. The maximum atomic E-state index is 12.6. The number of aryl methyl sites for hydroxylation is 2. The van der Waals surface area contributed by atoms with Crippen molar-refractivity contribution in [3.63, 3.8) is 0 Å². The largest absolute Gasteiger partial charge is 0.326 e. The van der Waals surface area contributed by atoms with E-state index < -0.39 is 0 Å². The minimum absolute atomic E-state index is 0.0797. The van der Waals surface area contributed by atoms with Crippen molar-refractivity contribution in [3.05, 3.63) is 53.6 Å². The molecule has 0 aliphatic carbocycles. The second-order valence-corrected chi connectivity index (χ2v) is 6.55. The van der Waals surface area contributed by atoms with Crippen LogP contribution >= 0.6 is 0 Å². The van der Waals surface area contributed by atoms with Crippen LogP contribution in [-0.4, -0.2) is 24.3 Å². The summed E-state index contributed by atoms with van der Waals surface area (Å²) in [4.78, 5) is 37.7. The number of hydrogen-bond donors (Lipinski definition) is 2. The first-order valence-corrected chi connectivity index (χ1v) is 9.42. The fourth-order valence-corrected chi connectivity index (χ4v) is 3.13. The molecule has 148 valence electrons. The zero-order valence-electron chi connectivity index (χ0n) is 16.8. The van der Waals surface area contributed by atoms with E-state index in [-0.39, 0.29) is 24.3 Å². The van der Waals surface area contributed by atoms with Crippen molar-refractivity contribution in [3.8, 4) is 0 Å². The standard InChI is InChI=1S/C22H27N3O3/c1-5-17-9-7-10-18(6-2)22(17)25(16(4)27)14-21(28)24-20-12-8-11-19(13-20)23-15(3)26/h7-13H,5-6,14H2,1-4H3,(H,23,26)(H,24,28). The van der Waals surface area contributed by atoms with E-state index in [0.29, 0.717) is 11.4 Å². The molecule has 0 heterocycles. The third kappa shape index (κ3) is 5.42. The van der Waals surface area contributed by atoms with Crippen LogP contribution < -0.4 is 15.5 Å². The van der Waals surface area contributed by atoms with Crippen LogP contribution in [0.4, 0.5) is 17.1 Å². The molecule has 6 heteroatoms. The Kier molecular flexibility index (Phi) is 7.32. The molecule has 0 spiro atoms. The number of amides is 3. The molecule has 2 rings (SSSR count). The Labute approximate surface area is 165 Å². The van der Waals surface area contributed by atoms with E-state index in [2.05, 4.69) is 10.6 Å². The summed E-state index contributed by atoms with van der Waals surface area (Å²) < 4.78 is 0. The van der Waals surface area contributed by atoms with Crippen LogP contribution in [0.1, 0.15) is 38.8 Å². The highest BCUT2D eigenvalue weighted by Crippen LogP contribution is 2.27. The molecule has 2 aromatic carbocycles. The molecule has 0 saturated carbocycles. The SMILES string of the molecule is CCc1cccc(CC)c1N(CC(=O)Nc1cccc(NC(C)=O)c1)C(C)=O. The van der Waals surface area contributed by atoms with Crippen molar-refractivity contribution in [2.24, 2.45) is 0 Å². The summed E-state index contributed by atoms with van der Waals surface area (Å²) in [5.41, 5.74) is 4.05. The van der Waals surface area contributed by atoms with Crippen molar-refractivity contribution in [1.82, 2.24) is 0 Å². The Hall–Kier alpha value is -3.15. The van der Waals surface area contributed by atoms with E-state index in [1.54, 1.807) is 24.3 Å². The molecule has 2 N–H and O–H groups in total. The van der Waals surface area contributed by atoms with Crippen LogP contribution in [0.2, 0.25) is 0 Å². The summed E-state index contributed by atoms with van der Waals surface area (Å²) >= 11 is 0. The molecule has 0 bridgehead atoms. The van der Waals surface area contributed by atoms with Crippen molar-refractivity contribution in [2.45, 2.75) is 40.5 Å². The van der Waals surface area contributed by atoms with E-state index in [1.807, 2.05) is 32.0 Å². The molecule has 0 aromatic heterocycles. The van der Waals surface area contributed by atoms with Gasteiger partial charge in [-0.3, -0.25) is 14.4 Å². The second-order valence-electron chi connectivity index (χ2n) is 6.55. The number of carbonyl (C=O) groups is 3. The quantitative estimate of drug-likeness (QED) is 0.766. The smallest absolute Gasteiger partial charge is 0.244 e. The van der Waals surface area contributed by atoms with Crippen molar-refractivity contribution in [1.29, 1.82) is 0 Å². The number of nitrogens with zero attached hydrogens (tertiary/aromatic N) is 1. The molecule has 0 unspecified atom stereocenters. The van der Waals surface area contributed by atoms with Gasteiger partial charge in [-0.1, -0.05) is 38.1 Å². The van der Waals surface area contributed by atoms with Crippen LogP contribution in [0.15, 0.2) is 42.5 Å². The maximum absolute atomic E-state index is 12.6. The minimum Gasteiger partial charge on any atom is -0.326 e. The molecule has 2 aromatic rings. The lowest BCUT2D eigenvalue weighted by Crippen LogP contribution is -2.38. The molecule has 0 atom stereocenters. The Bertz CT molecular complexity index is 855. The van der Waals surface area contributed by atoms with Gasteiger partial charge >= 0.3 is 0 Å². The zero-order valence-corrected chi connectivity index (χ0v) is 16.8. The highest BCUT2D eigenvalue weighted by molar-refractivity contribution is 6.03. The van der Waals surface area contributed by atoms with Gasteiger partial charge in [0.25, 0.3) is 0 Å². The van der Waals surface area contributed by atoms with Crippen LogP contribution in [0.25, 0.3) is 0 Å². The van der Waals surface area contributed by atoms with E-state index in [9.17, 15) is 14.4 Å². The number of benzene rings is 2. The number of carbonyl (C=O) groups excluding carboxylic acids is 3. The van der Waals surface area contributed by atoms with Gasteiger partial charge in [-0.05, 0) is 42.2 Å². The fourth-order valence-electron chi connectivity index (χ4n) is 3.13. The van der Waals surface area contributed by atoms with Gasteiger partial charge in [0.15, 0.2) is 0 Å². The van der Waals surface area contributed by atoms with Gasteiger partial charge in [0.1, 0.15) is 6.54 Å². The van der Waals surface area contributed by atoms with E-state index in [4.69, 9.17) is 0 Å². The summed E-state index contributed by atoms with van der Waals surface area (Å²) in [5, 5.41) is 5.48. The van der Waals surface area contributed by atoms with Gasteiger partial charge < -0.3 is 15.5 Å². The molecule has 0 radical (unpaired) electrons. The molecule has 6 nitrogen and oxygen atoms in total. The molecule has 3 amide bonds. The predicted molar refractivity (Wildman–Crippen MR) is 113 cm³/mol. The van der Waals surface area contributed by atoms with Gasteiger partial charge in [-0.25, -0.2) is 0 Å². The Morgan fingerprint density at radius 2 is 1.39 bits per heavy atom. The highest BCUT2D eigenvalue weighted by Gasteiger charge is 2.21. The van der Waals surface area contributed by atoms with Crippen molar-refractivity contribution in [2.75, 3.05) is 22.1 Å². The summed E-state index contributed by atoms with van der Waals surface area (Å²) in [6.45, 7) is 6.88. The topological polar surface area (TPSA) is 78.5 Å². The molecule has 0 aliphatic heterocycles. The summed E-state index contributed by atoms with van der Waals surface area (Å²) in [6, 6.07) is 12.8. The monoisotopic (exact) mass is 381 g/mol. The lowest BCUT2D eigenvalue weighted by molar-refractivity contribution is -0.120. The zero-order chi connectivity index (χ0) is 20.7. The molecular formula is C22H27N3O3. The first kappa shape index (κ1) is 21.2. The van der Waals surface area contributed by atoms with Crippen molar-refractivity contribution >= 4 is 34.8 Å². The van der Waals surface area contributed by atoms with Crippen LogP contribution in [0, 0.1) is 0 Å². The third-order valence-corrected chi connectivity index (χ3v) is 4.38. The lowest BCUT2D eigenvalue weighted by Gasteiger charge is -2.26. The maximum Gasteiger partial charge on any atom is 0.244 e.